The van der Waals surface area contributed by atoms with Gasteiger partial charge >= 0.3 is 0 Å². The lowest BCUT2D eigenvalue weighted by Gasteiger charge is -2.45. The highest BCUT2D eigenvalue weighted by Crippen LogP contribution is 2.50. The van der Waals surface area contributed by atoms with Gasteiger partial charge in [0.25, 0.3) is 0 Å². The quantitative estimate of drug-likeness (QED) is 0.911. The van der Waals surface area contributed by atoms with Crippen LogP contribution in [0.2, 0.25) is 0 Å². The van der Waals surface area contributed by atoms with Gasteiger partial charge in [-0.1, -0.05) is 13.0 Å². The van der Waals surface area contributed by atoms with Crippen LogP contribution in [0, 0.1) is 0 Å². The third-order valence-electron chi connectivity index (χ3n) is 5.83. The summed E-state index contributed by atoms with van der Waals surface area (Å²) in [6, 6.07) is 8.28. The van der Waals surface area contributed by atoms with Crippen LogP contribution in [-0.4, -0.2) is 37.9 Å². The lowest BCUT2D eigenvalue weighted by atomic mass is 9.77. The Hall–Kier alpha value is -2.40. The molecule has 2 unspecified atom stereocenters. The Morgan fingerprint density at radius 2 is 1.77 bits per heavy atom. The van der Waals surface area contributed by atoms with Crippen LogP contribution in [-0.2, 0) is 13.0 Å². The van der Waals surface area contributed by atoms with E-state index in [0.29, 0.717) is 11.7 Å². The van der Waals surface area contributed by atoms with Gasteiger partial charge < -0.3 is 19.3 Å². The van der Waals surface area contributed by atoms with Crippen molar-refractivity contribution < 1.29 is 19.3 Å². The van der Waals surface area contributed by atoms with Gasteiger partial charge in [-0.2, -0.15) is 0 Å². The van der Waals surface area contributed by atoms with Gasteiger partial charge in [-0.3, -0.25) is 4.90 Å². The second-order valence-electron chi connectivity index (χ2n) is 7.05. The van der Waals surface area contributed by atoms with E-state index in [0.717, 1.165) is 31.0 Å². The smallest absolute Gasteiger partial charge is 0.165 e. The van der Waals surface area contributed by atoms with Gasteiger partial charge in [0.1, 0.15) is 0 Å². The molecule has 2 heterocycles. The van der Waals surface area contributed by atoms with E-state index in [1.807, 2.05) is 18.2 Å². The molecule has 0 spiro atoms. The fourth-order valence-electron chi connectivity index (χ4n) is 4.61. The summed E-state index contributed by atoms with van der Waals surface area (Å²) in [5, 5.41) is 10.1. The van der Waals surface area contributed by atoms with E-state index in [1.165, 1.54) is 22.3 Å². The van der Waals surface area contributed by atoms with Crippen LogP contribution in [0.25, 0.3) is 0 Å². The van der Waals surface area contributed by atoms with Gasteiger partial charge in [-0.25, -0.2) is 0 Å². The Bertz CT molecular complexity index is 848. The van der Waals surface area contributed by atoms with Crippen molar-refractivity contribution in [1.29, 1.82) is 0 Å². The highest BCUT2D eigenvalue weighted by Gasteiger charge is 2.39. The Kier molecular flexibility index (Phi) is 4.19. The minimum atomic E-state index is 0.218. The van der Waals surface area contributed by atoms with Gasteiger partial charge in [-0.05, 0) is 41.3 Å². The first-order valence-electron chi connectivity index (χ1n) is 8.96. The standard InChI is InChI=1S/C21H25NO4/c1-12-14-5-6-18(24-2)21(26-4)16(14)11-22-8-7-13-9-17(23)19(25-3)10-15(13)20(12)22/h5-6,9-10,12,20,23H,7-8,11H2,1-4H3. The van der Waals surface area contributed by atoms with Crippen molar-refractivity contribution in [2.24, 2.45) is 0 Å². The number of rotatable bonds is 3. The molecule has 0 fully saturated rings. The van der Waals surface area contributed by atoms with E-state index in [2.05, 4.69) is 17.9 Å². The zero-order valence-electron chi connectivity index (χ0n) is 15.7. The molecule has 4 rings (SSSR count). The van der Waals surface area contributed by atoms with E-state index in [4.69, 9.17) is 14.2 Å². The summed E-state index contributed by atoms with van der Waals surface area (Å²) in [7, 11) is 4.97. The molecule has 1 N–H and O–H groups in total. The maximum atomic E-state index is 10.1. The molecule has 5 heteroatoms. The average molecular weight is 355 g/mol. The molecule has 0 aliphatic carbocycles. The number of phenols is 1. The third-order valence-corrected chi connectivity index (χ3v) is 5.83. The number of nitrogens with zero attached hydrogens (tertiary/aromatic N) is 1. The van der Waals surface area contributed by atoms with Crippen molar-refractivity contribution in [2.75, 3.05) is 27.9 Å². The topological polar surface area (TPSA) is 51.2 Å². The summed E-state index contributed by atoms with van der Waals surface area (Å²) in [6.45, 7) is 4.04. The molecule has 2 aliphatic rings. The van der Waals surface area contributed by atoms with Crippen LogP contribution < -0.4 is 14.2 Å². The van der Waals surface area contributed by atoms with Crippen LogP contribution in [0.15, 0.2) is 24.3 Å². The normalized spacial score (nSPS) is 21.4. The Morgan fingerprint density at radius 1 is 1.00 bits per heavy atom. The number of aromatic hydroxyl groups is 1. The monoisotopic (exact) mass is 355 g/mol. The Labute approximate surface area is 154 Å². The molecule has 0 radical (unpaired) electrons. The molecule has 26 heavy (non-hydrogen) atoms. The summed E-state index contributed by atoms with van der Waals surface area (Å²) >= 11 is 0. The first kappa shape index (κ1) is 17.0. The number of methoxy groups -OCH3 is 3. The van der Waals surface area contributed by atoms with Crippen molar-refractivity contribution in [1.82, 2.24) is 4.90 Å². The van der Waals surface area contributed by atoms with Gasteiger partial charge in [0.2, 0.25) is 0 Å². The fourth-order valence-corrected chi connectivity index (χ4v) is 4.61. The zero-order valence-corrected chi connectivity index (χ0v) is 15.7. The van der Waals surface area contributed by atoms with E-state index in [1.54, 1.807) is 21.3 Å². The zero-order chi connectivity index (χ0) is 18.4. The molecule has 0 saturated carbocycles. The van der Waals surface area contributed by atoms with E-state index in [-0.39, 0.29) is 11.8 Å². The molecule has 0 aromatic heterocycles. The minimum Gasteiger partial charge on any atom is -0.504 e. The summed E-state index contributed by atoms with van der Waals surface area (Å²) in [5.74, 6) is 2.67. The number of fused-ring (bicyclic) bond motifs is 4. The van der Waals surface area contributed by atoms with Gasteiger partial charge in [-0.15, -0.1) is 0 Å². The predicted molar refractivity (Wildman–Crippen MR) is 99.5 cm³/mol. The predicted octanol–water partition coefficient (Wildman–Crippen LogP) is 3.63. The third kappa shape index (κ3) is 2.42. The highest BCUT2D eigenvalue weighted by atomic mass is 16.5. The second-order valence-corrected chi connectivity index (χ2v) is 7.05. The highest BCUT2D eigenvalue weighted by molar-refractivity contribution is 5.55. The summed E-state index contributed by atoms with van der Waals surface area (Å²) in [6.07, 6.45) is 0.914. The molecule has 2 aromatic rings. The average Bonchev–Trinajstić information content (AvgIpc) is 2.66. The molecule has 0 amide bonds. The molecule has 0 saturated heterocycles. The maximum absolute atomic E-state index is 10.1. The van der Waals surface area contributed by atoms with Crippen molar-refractivity contribution in [3.8, 4) is 23.0 Å². The SMILES string of the molecule is COc1cc2c(cc1O)CCN1Cc3c(ccc(OC)c3OC)C(C)C21. The van der Waals surface area contributed by atoms with Crippen LogP contribution in [0.4, 0.5) is 0 Å². The fraction of sp³-hybridized carbons (Fsp3) is 0.429. The lowest BCUT2D eigenvalue weighted by Crippen LogP contribution is -2.41. The van der Waals surface area contributed by atoms with Gasteiger partial charge in [0.05, 0.1) is 21.3 Å². The number of phenolic OH excluding ortho intramolecular Hbond substituents is 1. The first-order chi connectivity index (χ1) is 12.6. The van der Waals surface area contributed by atoms with Crippen molar-refractivity contribution in [3.05, 3.63) is 46.5 Å². The number of benzene rings is 2. The van der Waals surface area contributed by atoms with Crippen LogP contribution >= 0.6 is 0 Å². The maximum Gasteiger partial charge on any atom is 0.165 e. The van der Waals surface area contributed by atoms with E-state index < -0.39 is 0 Å². The van der Waals surface area contributed by atoms with Crippen LogP contribution in [0.3, 0.4) is 0 Å². The van der Waals surface area contributed by atoms with Gasteiger partial charge in [0, 0.05) is 30.6 Å². The minimum absolute atomic E-state index is 0.218. The van der Waals surface area contributed by atoms with Crippen LogP contribution in [0.5, 0.6) is 23.0 Å². The molecule has 2 atom stereocenters. The second kappa shape index (κ2) is 6.40. The molecular weight excluding hydrogens is 330 g/mol. The first-order valence-corrected chi connectivity index (χ1v) is 8.96. The van der Waals surface area contributed by atoms with Crippen molar-refractivity contribution in [3.63, 3.8) is 0 Å². The van der Waals surface area contributed by atoms with Gasteiger partial charge in [0.15, 0.2) is 23.0 Å². The molecule has 138 valence electrons. The largest absolute Gasteiger partial charge is 0.504 e. The van der Waals surface area contributed by atoms with Crippen molar-refractivity contribution in [2.45, 2.75) is 31.8 Å². The van der Waals surface area contributed by atoms with E-state index >= 15 is 0 Å². The Morgan fingerprint density at radius 3 is 2.46 bits per heavy atom. The van der Waals surface area contributed by atoms with E-state index in [9.17, 15) is 5.11 Å². The lowest BCUT2D eigenvalue weighted by molar-refractivity contribution is 0.136. The summed E-state index contributed by atoms with van der Waals surface area (Å²) in [4.78, 5) is 2.49. The number of hydrogen-bond acceptors (Lipinski definition) is 5. The summed E-state index contributed by atoms with van der Waals surface area (Å²) in [5.41, 5.74) is 4.97. The molecule has 0 bridgehead atoms. The van der Waals surface area contributed by atoms with Crippen LogP contribution in [0.1, 0.15) is 41.1 Å². The van der Waals surface area contributed by atoms with Crippen molar-refractivity contribution >= 4 is 0 Å². The number of ether oxygens (including phenoxy) is 3. The molecule has 2 aliphatic heterocycles. The summed E-state index contributed by atoms with van der Waals surface area (Å²) < 4.78 is 16.5. The number of hydrogen-bond donors (Lipinski definition) is 1. The molecule has 5 nitrogen and oxygen atoms in total. The Balaban J connectivity index is 1.83. The molecule has 2 aromatic carbocycles. The molecular formula is C21H25NO4.